The minimum absolute atomic E-state index is 0.104. The number of aliphatic imine (C=N–C) groups is 1. The number of carbonyl (C=O) groups is 2. The molecule has 0 spiro atoms. The zero-order valence-corrected chi connectivity index (χ0v) is 21.2. The van der Waals surface area contributed by atoms with Gasteiger partial charge in [0.2, 0.25) is 5.91 Å². The smallest absolute Gasteiger partial charge is 0.368 e. The van der Waals surface area contributed by atoms with Gasteiger partial charge in [0.25, 0.3) is 5.91 Å². The number of hydrogen-bond donors (Lipinski definition) is 2. The van der Waals surface area contributed by atoms with Crippen molar-refractivity contribution in [1.29, 1.82) is 0 Å². The maximum atomic E-state index is 13.6. The highest BCUT2D eigenvalue weighted by Crippen LogP contribution is 2.38. The van der Waals surface area contributed by atoms with Crippen molar-refractivity contribution in [2.24, 2.45) is 10.7 Å². The maximum Gasteiger partial charge on any atom is 0.416 e. The van der Waals surface area contributed by atoms with Crippen molar-refractivity contribution < 1.29 is 35.9 Å². The largest absolute Gasteiger partial charge is 0.416 e. The standard InChI is InChI=1S/C25H20F6N6O2S/c26-24(27,28)16-3-2-14(17(9-16)25(29,30)31)11-37-19-4-1-13(7-15(19)10-34-37)8-20-22(39)35-23(40-20)36-6-5-33-18(12-36)21(32)38/h1-4,7-10,18,33H,5-6,11-12H2,(H2,32,38)/b20-8-. The van der Waals surface area contributed by atoms with Crippen molar-refractivity contribution >= 4 is 45.7 Å². The molecule has 2 aliphatic rings. The predicted molar refractivity (Wildman–Crippen MR) is 136 cm³/mol. The summed E-state index contributed by atoms with van der Waals surface area (Å²) in [5.41, 5.74) is 3.31. The van der Waals surface area contributed by atoms with Crippen LogP contribution < -0.4 is 11.1 Å². The first-order valence-electron chi connectivity index (χ1n) is 11.8. The summed E-state index contributed by atoms with van der Waals surface area (Å²) in [5, 5.41) is 8.13. The third kappa shape index (κ3) is 5.70. The molecule has 0 radical (unpaired) electrons. The van der Waals surface area contributed by atoms with Gasteiger partial charge in [0.15, 0.2) is 5.17 Å². The number of carbonyl (C=O) groups excluding carboxylic acids is 2. The highest BCUT2D eigenvalue weighted by atomic mass is 32.2. The molecule has 1 unspecified atom stereocenters. The Morgan fingerprint density at radius 3 is 2.60 bits per heavy atom. The van der Waals surface area contributed by atoms with Crippen molar-refractivity contribution in [2.75, 3.05) is 19.6 Å². The molecule has 3 heterocycles. The molecule has 15 heteroatoms. The molecule has 8 nitrogen and oxygen atoms in total. The number of fused-ring (bicyclic) bond motifs is 1. The van der Waals surface area contributed by atoms with Gasteiger partial charge >= 0.3 is 12.4 Å². The number of thioether (sulfide) groups is 1. The fourth-order valence-electron chi connectivity index (χ4n) is 4.44. The fraction of sp³-hybridized carbons (Fsp3) is 0.280. The lowest BCUT2D eigenvalue weighted by molar-refractivity contribution is -0.143. The van der Waals surface area contributed by atoms with Crippen LogP contribution in [0.15, 0.2) is 52.5 Å². The third-order valence-electron chi connectivity index (χ3n) is 6.42. The van der Waals surface area contributed by atoms with E-state index in [1.165, 1.54) is 10.9 Å². The Balaban J connectivity index is 1.36. The van der Waals surface area contributed by atoms with Crippen molar-refractivity contribution in [3.63, 3.8) is 0 Å². The van der Waals surface area contributed by atoms with Crippen LogP contribution in [0.2, 0.25) is 0 Å². The molecule has 210 valence electrons. The molecule has 40 heavy (non-hydrogen) atoms. The average molecular weight is 583 g/mol. The van der Waals surface area contributed by atoms with E-state index in [2.05, 4.69) is 15.4 Å². The first-order chi connectivity index (χ1) is 18.8. The molecule has 1 atom stereocenters. The van der Waals surface area contributed by atoms with Crippen LogP contribution in [0.25, 0.3) is 17.0 Å². The van der Waals surface area contributed by atoms with E-state index in [1.807, 2.05) is 0 Å². The molecule has 0 saturated carbocycles. The van der Waals surface area contributed by atoms with Gasteiger partial charge in [-0.05, 0) is 53.2 Å². The van der Waals surface area contributed by atoms with E-state index in [1.54, 1.807) is 29.2 Å². The highest BCUT2D eigenvalue weighted by Gasteiger charge is 2.38. The zero-order valence-electron chi connectivity index (χ0n) is 20.4. The highest BCUT2D eigenvalue weighted by molar-refractivity contribution is 8.18. The Morgan fingerprint density at radius 2 is 1.90 bits per heavy atom. The molecule has 5 rings (SSSR count). The molecule has 3 aromatic rings. The van der Waals surface area contributed by atoms with Crippen LogP contribution in [0.4, 0.5) is 26.3 Å². The fourth-order valence-corrected chi connectivity index (χ4v) is 5.38. The number of halogens is 6. The third-order valence-corrected chi connectivity index (χ3v) is 7.47. The Morgan fingerprint density at radius 1 is 1.12 bits per heavy atom. The summed E-state index contributed by atoms with van der Waals surface area (Å²) in [4.78, 5) is 30.3. The van der Waals surface area contributed by atoms with E-state index >= 15 is 0 Å². The molecule has 3 N–H and O–H groups in total. The summed E-state index contributed by atoms with van der Waals surface area (Å²) in [6, 6.07) is 5.89. The van der Waals surface area contributed by atoms with Crippen LogP contribution in [0.1, 0.15) is 22.3 Å². The second kappa shape index (κ2) is 10.3. The molecule has 1 aromatic heterocycles. The normalized spacial score (nSPS) is 19.5. The number of primary amides is 1. The van der Waals surface area contributed by atoms with Crippen molar-refractivity contribution in [2.45, 2.75) is 24.9 Å². The number of nitrogens with zero attached hydrogens (tertiary/aromatic N) is 4. The van der Waals surface area contributed by atoms with Crippen LogP contribution in [-0.2, 0) is 28.5 Å². The summed E-state index contributed by atoms with van der Waals surface area (Å²) >= 11 is 1.15. The lowest BCUT2D eigenvalue weighted by atomic mass is 10.0. The molecule has 2 amide bonds. The summed E-state index contributed by atoms with van der Waals surface area (Å²) in [6.07, 6.45) is -6.86. The molecular weight excluding hydrogens is 562 g/mol. The number of piperazine rings is 1. The topological polar surface area (TPSA) is 106 Å². The number of amides is 2. The van der Waals surface area contributed by atoms with Crippen LogP contribution in [-0.4, -0.2) is 57.3 Å². The zero-order chi connectivity index (χ0) is 28.8. The number of aromatic nitrogens is 2. The molecule has 2 aromatic carbocycles. The maximum absolute atomic E-state index is 13.6. The van der Waals surface area contributed by atoms with Crippen molar-refractivity contribution in [3.05, 3.63) is 69.8 Å². The second-order valence-corrected chi connectivity index (χ2v) is 10.2. The van der Waals surface area contributed by atoms with Gasteiger partial charge in [-0.1, -0.05) is 12.1 Å². The minimum Gasteiger partial charge on any atom is -0.368 e. The number of hydrogen-bond acceptors (Lipinski definition) is 6. The van der Waals surface area contributed by atoms with E-state index in [9.17, 15) is 35.9 Å². The van der Waals surface area contributed by atoms with E-state index in [0.717, 1.165) is 17.8 Å². The Hall–Kier alpha value is -3.85. The van der Waals surface area contributed by atoms with E-state index < -0.39 is 47.9 Å². The Labute approximate surface area is 226 Å². The van der Waals surface area contributed by atoms with Crippen molar-refractivity contribution in [1.82, 2.24) is 20.0 Å². The van der Waals surface area contributed by atoms with Gasteiger partial charge in [0.05, 0.1) is 34.3 Å². The van der Waals surface area contributed by atoms with Gasteiger partial charge in [-0.3, -0.25) is 14.3 Å². The number of alkyl halides is 6. The molecule has 1 fully saturated rings. The quantitative estimate of drug-likeness (QED) is 0.358. The van der Waals surface area contributed by atoms with E-state index in [-0.39, 0.29) is 18.2 Å². The predicted octanol–water partition coefficient (Wildman–Crippen LogP) is 3.85. The minimum atomic E-state index is -4.99. The van der Waals surface area contributed by atoms with Gasteiger partial charge in [0.1, 0.15) is 6.04 Å². The molecule has 1 saturated heterocycles. The Kier molecular flexibility index (Phi) is 7.12. The number of benzene rings is 2. The first kappa shape index (κ1) is 27.7. The van der Waals surface area contributed by atoms with Crippen molar-refractivity contribution in [3.8, 4) is 0 Å². The summed E-state index contributed by atoms with van der Waals surface area (Å²) < 4.78 is 81.0. The summed E-state index contributed by atoms with van der Waals surface area (Å²) in [7, 11) is 0. The van der Waals surface area contributed by atoms with Crippen LogP contribution >= 0.6 is 11.8 Å². The van der Waals surface area contributed by atoms with Gasteiger partial charge < -0.3 is 16.0 Å². The Bertz CT molecular complexity index is 1560. The summed E-state index contributed by atoms with van der Waals surface area (Å²) in [6.45, 7) is 0.912. The monoisotopic (exact) mass is 582 g/mol. The van der Waals surface area contributed by atoms with Gasteiger partial charge in [-0.15, -0.1) is 0 Å². The van der Waals surface area contributed by atoms with E-state index in [0.29, 0.717) is 45.7 Å². The number of nitrogens with one attached hydrogen (secondary N) is 1. The second-order valence-electron chi connectivity index (χ2n) is 9.15. The van der Waals surface area contributed by atoms with Crippen LogP contribution in [0, 0.1) is 0 Å². The van der Waals surface area contributed by atoms with E-state index in [4.69, 9.17) is 5.73 Å². The number of amidine groups is 1. The average Bonchev–Trinajstić information content (AvgIpc) is 3.45. The SMILES string of the molecule is NC(=O)C1CN(C2=NC(=O)/C(=C/c3ccc4c(cnn4Cc4ccc(C(F)(F)F)cc4C(F)(F)F)c3)S2)CCN1. The van der Waals surface area contributed by atoms with Gasteiger partial charge in [0, 0.05) is 25.0 Å². The molecule has 0 aliphatic carbocycles. The van der Waals surface area contributed by atoms with Crippen LogP contribution in [0.3, 0.4) is 0 Å². The molecule has 2 aliphatic heterocycles. The molecule has 0 bridgehead atoms. The number of nitrogens with two attached hydrogens (primary N) is 1. The lowest BCUT2D eigenvalue weighted by Crippen LogP contribution is -2.56. The lowest BCUT2D eigenvalue weighted by Gasteiger charge is -2.32. The van der Waals surface area contributed by atoms with Gasteiger partial charge in [-0.2, -0.15) is 36.4 Å². The summed E-state index contributed by atoms with van der Waals surface area (Å²) in [5.74, 6) is -0.955. The molecular formula is C25H20F6N6O2S. The number of rotatable bonds is 4. The van der Waals surface area contributed by atoms with Crippen LogP contribution in [0.5, 0.6) is 0 Å². The van der Waals surface area contributed by atoms with Gasteiger partial charge in [-0.25, -0.2) is 0 Å². The first-order valence-corrected chi connectivity index (χ1v) is 12.6.